The van der Waals surface area contributed by atoms with Gasteiger partial charge >= 0.3 is 11.9 Å². The molecule has 6 atom stereocenters. The summed E-state index contributed by atoms with van der Waals surface area (Å²) in [6.07, 6.45) is -6.28. The lowest BCUT2D eigenvalue weighted by Crippen LogP contribution is -2.61. The van der Waals surface area contributed by atoms with Crippen LogP contribution in [0, 0.1) is 0 Å². The molecule has 0 amide bonds. The van der Waals surface area contributed by atoms with Crippen LogP contribution < -0.4 is 10.1 Å². The van der Waals surface area contributed by atoms with Crippen LogP contribution in [0.15, 0.2) is 18.2 Å². The van der Waals surface area contributed by atoms with Gasteiger partial charge in [0.25, 0.3) is 0 Å². The van der Waals surface area contributed by atoms with E-state index >= 15 is 0 Å². The van der Waals surface area contributed by atoms with Crippen LogP contribution in [0.2, 0.25) is 0 Å². The maximum atomic E-state index is 11.2. The van der Waals surface area contributed by atoms with Crippen LogP contribution in [0.5, 0.6) is 5.75 Å². The number of benzene rings is 1. The van der Waals surface area contributed by atoms with Gasteiger partial charge in [0.1, 0.15) is 30.7 Å². The molecule has 1 aliphatic rings. The molecule has 0 bridgehead atoms. The van der Waals surface area contributed by atoms with Crippen molar-refractivity contribution in [1.29, 1.82) is 0 Å². The molecule has 0 unspecified atom stereocenters. The Morgan fingerprint density at radius 1 is 1.03 bits per heavy atom. The first-order chi connectivity index (χ1) is 17.1. The minimum Gasteiger partial charge on any atom is -0.480 e. The Labute approximate surface area is 207 Å². The smallest absolute Gasteiger partial charge is 0.335 e. The second kappa shape index (κ2) is 15.0. The van der Waals surface area contributed by atoms with E-state index in [0.717, 1.165) is 25.7 Å². The summed E-state index contributed by atoms with van der Waals surface area (Å²) in [7, 11) is 0. The van der Waals surface area contributed by atoms with E-state index in [1.807, 2.05) is 0 Å². The quantitative estimate of drug-likeness (QED) is 0.120. The number of aliphatic carboxylic acids is 2. The molecule has 13 heteroatoms. The molecule has 1 aliphatic heterocycles. The summed E-state index contributed by atoms with van der Waals surface area (Å²) in [4.78, 5) is 21.6. The second-order valence-corrected chi connectivity index (χ2v) is 8.46. The van der Waals surface area contributed by atoms with Crippen molar-refractivity contribution in [3.8, 4) is 5.75 Å². The number of nitrogens with one attached hydrogen (secondary N) is 1. The number of aliphatic hydroxyl groups is 5. The van der Waals surface area contributed by atoms with Gasteiger partial charge in [0.05, 0.1) is 12.7 Å². The van der Waals surface area contributed by atoms with Gasteiger partial charge in [-0.2, -0.15) is 0 Å². The zero-order valence-electron chi connectivity index (χ0n) is 19.7. The Hall–Kier alpha value is -2.36. The van der Waals surface area contributed by atoms with E-state index in [9.17, 15) is 35.1 Å². The van der Waals surface area contributed by atoms with Gasteiger partial charge in [-0.15, -0.1) is 0 Å². The molecule has 36 heavy (non-hydrogen) atoms. The van der Waals surface area contributed by atoms with Crippen LogP contribution in [0.25, 0.3) is 0 Å². The van der Waals surface area contributed by atoms with E-state index in [0.29, 0.717) is 18.7 Å². The fourth-order valence-electron chi connectivity index (χ4n) is 3.64. The van der Waals surface area contributed by atoms with Gasteiger partial charge < -0.3 is 55.3 Å². The average Bonchev–Trinajstić information content (AvgIpc) is 2.84. The number of carboxylic acid groups (broad SMARTS) is 2. The van der Waals surface area contributed by atoms with Crippen molar-refractivity contribution in [3.05, 3.63) is 29.3 Å². The van der Waals surface area contributed by atoms with Gasteiger partial charge in [-0.25, -0.2) is 9.59 Å². The van der Waals surface area contributed by atoms with E-state index in [1.54, 1.807) is 0 Å². The maximum absolute atomic E-state index is 11.2. The number of unbranched alkanes of at least 4 members (excludes halogenated alkanes) is 3. The summed E-state index contributed by atoms with van der Waals surface area (Å²) in [6.45, 7) is 0.535. The number of hydrogen-bond donors (Lipinski definition) is 8. The van der Waals surface area contributed by atoms with Crippen LogP contribution in [0.4, 0.5) is 0 Å². The number of aliphatic hydroxyl groups excluding tert-OH is 5. The van der Waals surface area contributed by atoms with E-state index < -0.39 is 55.4 Å². The molecule has 1 aromatic rings. The van der Waals surface area contributed by atoms with Crippen LogP contribution in [-0.2, 0) is 25.7 Å². The molecule has 0 radical (unpaired) electrons. The van der Waals surface area contributed by atoms with Gasteiger partial charge in [-0.3, -0.25) is 0 Å². The minimum atomic E-state index is -1.85. The number of carbonyl (C=O) groups is 2. The van der Waals surface area contributed by atoms with Crippen LogP contribution in [-0.4, -0.2) is 105 Å². The lowest BCUT2D eigenvalue weighted by atomic mass is 9.99. The summed E-state index contributed by atoms with van der Waals surface area (Å²) in [5, 5.41) is 70.8. The van der Waals surface area contributed by atoms with Crippen molar-refractivity contribution < 1.29 is 59.5 Å². The topological polar surface area (TPSA) is 215 Å². The first-order valence-electron chi connectivity index (χ1n) is 11.7. The summed E-state index contributed by atoms with van der Waals surface area (Å²) in [5.41, 5.74) is 0.721. The predicted molar refractivity (Wildman–Crippen MR) is 122 cm³/mol. The summed E-state index contributed by atoms with van der Waals surface area (Å²) >= 11 is 0. The molecule has 0 aromatic heterocycles. The normalized spacial score (nSPS) is 24.9. The molecule has 0 spiro atoms. The lowest BCUT2D eigenvalue weighted by molar-refractivity contribution is -0.271. The fraction of sp³-hybridized carbons (Fsp3) is 0.652. The zero-order chi connectivity index (χ0) is 26.7. The van der Waals surface area contributed by atoms with Gasteiger partial charge in [0, 0.05) is 18.7 Å². The maximum Gasteiger partial charge on any atom is 0.335 e. The van der Waals surface area contributed by atoms with Crippen LogP contribution >= 0.6 is 0 Å². The molecular formula is C23H35NO12. The molecule has 1 saturated heterocycles. The zero-order valence-corrected chi connectivity index (χ0v) is 19.7. The predicted octanol–water partition coefficient (Wildman–Crippen LogP) is -1.27. The molecule has 2 rings (SSSR count). The van der Waals surface area contributed by atoms with Crippen molar-refractivity contribution >= 4 is 11.9 Å². The average molecular weight is 518 g/mol. The standard InChI is InChI=1S/C23H35NO12/c25-11-14-9-13(15(26)10-24-7-3-1-2-4-8-34-12-17(27)28)5-6-16(14)35-23-20(31)18(29)19(30)21(36-23)22(32)33/h5-6,9,15,18-21,23-26,29-31H,1-4,7-8,10-12H2,(H,27,28)(H,32,33)/t15-,18-,19-,20+,21-,23+/m0/s1. The Bertz CT molecular complexity index is 837. The molecular weight excluding hydrogens is 482 g/mol. The highest BCUT2D eigenvalue weighted by molar-refractivity contribution is 5.73. The van der Waals surface area contributed by atoms with E-state index in [-0.39, 0.29) is 24.5 Å². The third-order valence-corrected chi connectivity index (χ3v) is 5.65. The molecule has 1 heterocycles. The third-order valence-electron chi connectivity index (χ3n) is 5.65. The Morgan fingerprint density at radius 3 is 2.42 bits per heavy atom. The minimum absolute atomic E-state index is 0.0468. The highest BCUT2D eigenvalue weighted by Crippen LogP contribution is 2.29. The molecule has 8 N–H and O–H groups in total. The summed E-state index contributed by atoms with van der Waals surface area (Å²) in [6, 6.07) is 4.45. The lowest BCUT2D eigenvalue weighted by Gasteiger charge is -2.38. The highest BCUT2D eigenvalue weighted by Gasteiger charge is 2.48. The van der Waals surface area contributed by atoms with Crippen molar-refractivity contribution in [3.63, 3.8) is 0 Å². The summed E-state index contributed by atoms with van der Waals surface area (Å²) in [5.74, 6) is -2.48. The molecule has 13 nitrogen and oxygen atoms in total. The fourth-order valence-corrected chi connectivity index (χ4v) is 3.64. The molecule has 0 aliphatic carbocycles. The number of carboxylic acids is 2. The van der Waals surface area contributed by atoms with Crippen molar-refractivity contribution in [2.75, 3.05) is 26.3 Å². The Kier molecular flexibility index (Phi) is 12.5. The van der Waals surface area contributed by atoms with Gasteiger partial charge in [-0.1, -0.05) is 18.9 Å². The molecule has 204 valence electrons. The van der Waals surface area contributed by atoms with Crippen molar-refractivity contribution in [2.24, 2.45) is 0 Å². The van der Waals surface area contributed by atoms with Gasteiger partial charge in [-0.05, 0) is 37.1 Å². The molecule has 1 fully saturated rings. The number of ether oxygens (including phenoxy) is 3. The van der Waals surface area contributed by atoms with Gasteiger partial charge in [0.15, 0.2) is 6.10 Å². The van der Waals surface area contributed by atoms with Gasteiger partial charge in [0.2, 0.25) is 6.29 Å². The van der Waals surface area contributed by atoms with E-state index in [4.69, 9.17) is 24.4 Å². The SMILES string of the molecule is O=C(O)COCCCCCCNC[C@H](O)c1ccc(O[C@@H]2O[C@H](C(=O)O)[C@@H](O)[C@H](O)[C@H]2O)c(CO)c1. The molecule has 0 saturated carbocycles. The molecule has 1 aromatic carbocycles. The Morgan fingerprint density at radius 2 is 1.75 bits per heavy atom. The van der Waals surface area contributed by atoms with Crippen molar-refractivity contribution in [2.45, 2.75) is 69.1 Å². The monoisotopic (exact) mass is 517 g/mol. The van der Waals surface area contributed by atoms with Crippen molar-refractivity contribution in [1.82, 2.24) is 5.32 Å². The highest BCUT2D eigenvalue weighted by atomic mass is 16.7. The van der Waals surface area contributed by atoms with E-state index in [2.05, 4.69) is 5.32 Å². The third kappa shape index (κ3) is 8.94. The first-order valence-corrected chi connectivity index (χ1v) is 11.7. The number of rotatable bonds is 16. The first kappa shape index (κ1) is 29.9. The van der Waals surface area contributed by atoms with Crippen LogP contribution in [0.3, 0.4) is 0 Å². The van der Waals surface area contributed by atoms with E-state index in [1.165, 1.54) is 18.2 Å². The van der Waals surface area contributed by atoms with Crippen LogP contribution in [0.1, 0.15) is 42.9 Å². The number of hydrogen-bond acceptors (Lipinski definition) is 11. The largest absolute Gasteiger partial charge is 0.480 e. The Balaban J connectivity index is 1.81. The summed E-state index contributed by atoms with van der Waals surface area (Å²) < 4.78 is 15.5. The second-order valence-electron chi connectivity index (χ2n) is 8.46.